The number of hydrogen-bond acceptors (Lipinski definition) is 7. The van der Waals surface area contributed by atoms with E-state index in [-0.39, 0.29) is 12.6 Å². The number of hydrogen-bond donors (Lipinski definition) is 2. The maximum absolute atomic E-state index is 9.81. The van der Waals surface area contributed by atoms with Crippen LogP contribution < -0.4 is 10.2 Å². The molecule has 8 heteroatoms. The summed E-state index contributed by atoms with van der Waals surface area (Å²) in [7, 11) is 0. The number of benzene rings is 1. The standard InChI is InChI=1S/C24H27N7O/c1-15-10-19(11-16(2)17(15)3)30-12-21(26-14-30)27-24-28-22-20(7-4-8-25-22)23(29-24)31-9-5-6-18(31)13-32/h4,7-8,10-12,14,18,32H,5-6,9,13H2,1-3H3,(H,25,27,28,29)/t18-/m0/s1. The third-order valence-corrected chi connectivity index (χ3v) is 6.34. The van der Waals surface area contributed by atoms with Crippen molar-refractivity contribution in [3.05, 3.63) is 59.7 Å². The molecule has 0 spiro atoms. The van der Waals surface area contributed by atoms with Gasteiger partial charge in [-0.2, -0.15) is 9.97 Å². The van der Waals surface area contributed by atoms with Crippen LogP contribution in [0.3, 0.4) is 0 Å². The molecule has 4 aromatic rings. The molecule has 1 aliphatic rings. The van der Waals surface area contributed by atoms with E-state index in [9.17, 15) is 5.11 Å². The van der Waals surface area contributed by atoms with E-state index in [1.807, 2.05) is 22.9 Å². The largest absolute Gasteiger partial charge is 0.394 e. The highest BCUT2D eigenvalue weighted by molar-refractivity contribution is 5.88. The summed E-state index contributed by atoms with van der Waals surface area (Å²) in [6.45, 7) is 7.34. The molecule has 1 atom stereocenters. The van der Waals surface area contributed by atoms with Crippen LogP contribution >= 0.6 is 0 Å². The van der Waals surface area contributed by atoms with Gasteiger partial charge in [0, 0.05) is 18.4 Å². The van der Waals surface area contributed by atoms with Crippen LogP contribution in [0.15, 0.2) is 43.0 Å². The Morgan fingerprint density at radius 3 is 2.72 bits per heavy atom. The van der Waals surface area contributed by atoms with Gasteiger partial charge in [-0.25, -0.2) is 9.97 Å². The molecule has 0 amide bonds. The molecule has 164 valence electrons. The number of nitrogens with one attached hydrogen (secondary N) is 1. The minimum absolute atomic E-state index is 0.0633. The fourth-order valence-electron chi connectivity index (χ4n) is 4.33. The monoisotopic (exact) mass is 429 g/mol. The van der Waals surface area contributed by atoms with E-state index in [1.165, 1.54) is 16.7 Å². The van der Waals surface area contributed by atoms with Crippen molar-refractivity contribution in [1.82, 2.24) is 24.5 Å². The van der Waals surface area contributed by atoms with Gasteiger partial charge >= 0.3 is 0 Å². The second-order valence-corrected chi connectivity index (χ2v) is 8.41. The second-order valence-electron chi connectivity index (χ2n) is 8.41. The summed E-state index contributed by atoms with van der Waals surface area (Å²) < 4.78 is 1.99. The molecule has 5 rings (SSSR count). The van der Waals surface area contributed by atoms with Crippen LogP contribution in [-0.4, -0.2) is 48.8 Å². The zero-order valence-electron chi connectivity index (χ0n) is 18.6. The summed E-state index contributed by atoms with van der Waals surface area (Å²) in [4.78, 5) is 20.5. The van der Waals surface area contributed by atoms with E-state index in [0.717, 1.165) is 36.3 Å². The Labute approximate surface area is 187 Å². The molecule has 0 unspecified atom stereocenters. The van der Waals surface area contributed by atoms with Crippen LogP contribution in [0.4, 0.5) is 17.6 Å². The summed E-state index contributed by atoms with van der Waals surface area (Å²) in [5, 5.41) is 13.9. The Bertz CT molecular complexity index is 1260. The smallest absolute Gasteiger partial charge is 0.232 e. The van der Waals surface area contributed by atoms with Crippen LogP contribution in [0.25, 0.3) is 16.7 Å². The number of aryl methyl sites for hydroxylation is 2. The highest BCUT2D eigenvalue weighted by Crippen LogP contribution is 2.31. The maximum atomic E-state index is 9.81. The van der Waals surface area contributed by atoms with Gasteiger partial charge in [0.05, 0.1) is 24.2 Å². The van der Waals surface area contributed by atoms with Gasteiger partial charge in [-0.15, -0.1) is 0 Å². The molecule has 3 aromatic heterocycles. The molecule has 1 aliphatic heterocycles. The molecule has 1 fully saturated rings. The number of imidazole rings is 1. The molecule has 2 N–H and O–H groups in total. The SMILES string of the molecule is Cc1cc(-n2cnc(Nc3nc(N4CCC[C@H]4CO)c4cccnc4n3)c2)cc(C)c1C. The number of aliphatic hydroxyl groups excluding tert-OH is 1. The number of rotatable bonds is 5. The summed E-state index contributed by atoms with van der Waals surface area (Å²) in [5.74, 6) is 1.89. The quantitative estimate of drug-likeness (QED) is 0.498. The Hall–Kier alpha value is -3.52. The Kier molecular flexibility index (Phi) is 5.22. The van der Waals surface area contributed by atoms with E-state index in [0.29, 0.717) is 17.4 Å². The van der Waals surface area contributed by atoms with Crippen LogP contribution in [0, 0.1) is 20.8 Å². The van der Waals surface area contributed by atoms with Gasteiger partial charge in [-0.3, -0.25) is 0 Å². The van der Waals surface area contributed by atoms with Gasteiger partial charge in [0.15, 0.2) is 11.5 Å². The van der Waals surface area contributed by atoms with Crippen molar-refractivity contribution in [1.29, 1.82) is 0 Å². The summed E-state index contributed by atoms with van der Waals surface area (Å²) in [5.41, 5.74) is 5.49. The summed E-state index contributed by atoms with van der Waals surface area (Å²) >= 11 is 0. The van der Waals surface area contributed by atoms with Crippen LogP contribution in [0.2, 0.25) is 0 Å². The van der Waals surface area contributed by atoms with Crippen LogP contribution in [0.5, 0.6) is 0 Å². The molecular weight excluding hydrogens is 402 g/mol. The van der Waals surface area contributed by atoms with Crippen molar-refractivity contribution >= 4 is 28.6 Å². The van der Waals surface area contributed by atoms with Crippen molar-refractivity contribution < 1.29 is 5.11 Å². The van der Waals surface area contributed by atoms with Crippen molar-refractivity contribution in [2.24, 2.45) is 0 Å². The van der Waals surface area contributed by atoms with Gasteiger partial charge in [0.25, 0.3) is 0 Å². The number of fused-ring (bicyclic) bond motifs is 1. The molecule has 32 heavy (non-hydrogen) atoms. The van der Waals surface area contributed by atoms with Crippen molar-refractivity contribution in [2.45, 2.75) is 39.7 Å². The first-order chi connectivity index (χ1) is 15.5. The molecule has 4 heterocycles. The van der Waals surface area contributed by atoms with E-state index < -0.39 is 0 Å². The summed E-state index contributed by atoms with van der Waals surface area (Å²) in [6.07, 6.45) is 7.42. The van der Waals surface area contributed by atoms with Gasteiger partial charge in [0.2, 0.25) is 5.95 Å². The molecule has 1 aromatic carbocycles. The average Bonchev–Trinajstić information content (AvgIpc) is 3.46. The fourth-order valence-corrected chi connectivity index (χ4v) is 4.33. The van der Waals surface area contributed by atoms with Gasteiger partial charge in [0.1, 0.15) is 12.1 Å². The highest BCUT2D eigenvalue weighted by atomic mass is 16.3. The lowest BCUT2D eigenvalue weighted by Crippen LogP contribution is -2.33. The Balaban J connectivity index is 1.49. The van der Waals surface area contributed by atoms with E-state index >= 15 is 0 Å². The van der Waals surface area contributed by atoms with Crippen molar-refractivity contribution in [3.8, 4) is 5.69 Å². The highest BCUT2D eigenvalue weighted by Gasteiger charge is 2.27. The van der Waals surface area contributed by atoms with Crippen LogP contribution in [0.1, 0.15) is 29.5 Å². The zero-order valence-corrected chi connectivity index (χ0v) is 18.6. The predicted octanol–water partition coefficient (Wildman–Crippen LogP) is 3.84. The molecule has 0 bridgehead atoms. The maximum Gasteiger partial charge on any atom is 0.232 e. The minimum Gasteiger partial charge on any atom is -0.394 e. The number of anilines is 3. The third kappa shape index (κ3) is 3.67. The second kappa shape index (κ2) is 8.20. The minimum atomic E-state index is 0.0633. The lowest BCUT2D eigenvalue weighted by atomic mass is 10.0. The first kappa shape index (κ1) is 20.4. The average molecular weight is 430 g/mol. The topological polar surface area (TPSA) is 92.0 Å². The zero-order chi connectivity index (χ0) is 22.2. The molecule has 0 radical (unpaired) electrons. The van der Waals surface area contributed by atoms with Gasteiger partial charge < -0.3 is 19.9 Å². The predicted molar refractivity (Wildman–Crippen MR) is 126 cm³/mol. The van der Waals surface area contributed by atoms with Crippen molar-refractivity contribution in [3.63, 3.8) is 0 Å². The lowest BCUT2D eigenvalue weighted by Gasteiger charge is -2.25. The first-order valence-corrected chi connectivity index (χ1v) is 10.9. The first-order valence-electron chi connectivity index (χ1n) is 10.9. The normalized spacial score (nSPS) is 16.1. The fraction of sp³-hybridized carbons (Fsp3) is 0.333. The molecule has 0 aliphatic carbocycles. The molecule has 8 nitrogen and oxygen atoms in total. The number of nitrogens with zero attached hydrogens (tertiary/aromatic N) is 6. The number of aliphatic hydroxyl groups is 1. The van der Waals surface area contributed by atoms with Gasteiger partial charge in [-0.05, 0) is 74.6 Å². The molecule has 1 saturated heterocycles. The van der Waals surface area contributed by atoms with E-state index in [1.54, 1.807) is 12.5 Å². The molecular formula is C24H27N7O. The third-order valence-electron chi connectivity index (χ3n) is 6.34. The Morgan fingerprint density at radius 2 is 1.94 bits per heavy atom. The van der Waals surface area contributed by atoms with E-state index in [4.69, 9.17) is 4.98 Å². The number of aromatic nitrogens is 5. The Morgan fingerprint density at radius 1 is 1.12 bits per heavy atom. The van der Waals surface area contributed by atoms with E-state index in [2.05, 4.69) is 58.1 Å². The van der Waals surface area contributed by atoms with Gasteiger partial charge in [-0.1, -0.05) is 0 Å². The number of pyridine rings is 1. The van der Waals surface area contributed by atoms with Crippen molar-refractivity contribution in [2.75, 3.05) is 23.4 Å². The summed E-state index contributed by atoms with van der Waals surface area (Å²) in [6, 6.07) is 8.24. The van der Waals surface area contributed by atoms with Crippen LogP contribution in [-0.2, 0) is 0 Å². The lowest BCUT2D eigenvalue weighted by molar-refractivity contribution is 0.266. The molecule has 0 saturated carbocycles.